The zero-order chi connectivity index (χ0) is 16.4. The summed E-state index contributed by atoms with van der Waals surface area (Å²) < 4.78 is 0. The Balaban J connectivity index is 2.18. The summed E-state index contributed by atoms with van der Waals surface area (Å²) in [5.74, 6) is 1.59. The average Bonchev–Trinajstić information content (AvgIpc) is 2.88. The zero-order valence-electron chi connectivity index (χ0n) is 13.6. The van der Waals surface area contributed by atoms with E-state index < -0.39 is 0 Å². The lowest BCUT2D eigenvalue weighted by atomic mass is 10.1. The maximum Gasteiger partial charge on any atom is 0.163 e. The lowest BCUT2D eigenvalue weighted by molar-refractivity contribution is 0.778. The second-order valence-electron chi connectivity index (χ2n) is 5.66. The summed E-state index contributed by atoms with van der Waals surface area (Å²) in [6, 6.07) is 3.92. The summed E-state index contributed by atoms with van der Waals surface area (Å²) >= 11 is 1.72. The molecule has 0 aliphatic carbocycles. The Labute approximate surface area is 140 Å². The van der Waals surface area contributed by atoms with E-state index in [1.165, 1.54) is 10.4 Å². The van der Waals surface area contributed by atoms with Gasteiger partial charge in [-0.1, -0.05) is 6.92 Å². The van der Waals surface area contributed by atoms with E-state index in [1.807, 2.05) is 19.1 Å². The predicted octanol–water partition coefficient (Wildman–Crippen LogP) is 3.38. The van der Waals surface area contributed by atoms with Gasteiger partial charge in [0.25, 0.3) is 0 Å². The number of fused-ring (bicyclic) bond motifs is 1. The summed E-state index contributed by atoms with van der Waals surface area (Å²) in [6.07, 6.45) is 4.49. The SMILES string of the molecule is CCc1c(C)sc2nc(-c3ccncc3)nc(NC[C@H](C)N)c12. The van der Waals surface area contributed by atoms with E-state index in [2.05, 4.69) is 24.1 Å². The van der Waals surface area contributed by atoms with Gasteiger partial charge in [0.1, 0.15) is 10.6 Å². The molecule has 0 aromatic carbocycles. The van der Waals surface area contributed by atoms with Crippen molar-refractivity contribution >= 4 is 27.4 Å². The van der Waals surface area contributed by atoms with Crippen LogP contribution in [0.15, 0.2) is 24.5 Å². The fourth-order valence-corrected chi connectivity index (χ4v) is 3.72. The standard InChI is InChI=1S/C17H21N5S/c1-4-13-11(3)23-17-14(13)16(20-9-10(2)18)21-15(22-17)12-5-7-19-8-6-12/h5-8,10H,4,9,18H2,1-3H3,(H,20,21,22)/t10-/m0/s1. The van der Waals surface area contributed by atoms with Crippen LogP contribution < -0.4 is 11.1 Å². The number of aryl methyl sites for hydroxylation is 2. The van der Waals surface area contributed by atoms with E-state index in [0.29, 0.717) is 6.54 Å². The maximum atomic E-state index is 5.90. The van der Waals surface area contributed by atoms with Crippen molar-refractivity contribution in [3.63, 3.8) is 0 Å². The Hall–Kier alpha value is -2.05. The maximum absolute atomic E-state index is 5.90. The van der Waals surface area contributed by atoms with Crippen LogP contribution >= 0.6 is 11.3 Å². The zero-order valence-corrected chi connectivity index (χ0v) is 14.4. The van der Waals surface area contributed by atoms with Gasteiger partial charge in [0.2, 0.25) is 0 Å². The van der Waals surface area contributed by atoms with Crippen molar-refractivity contribution in [3.8, 4) is 11.4 Å². The fraction of sp³-hybridized carbons (Fsp3) is 0.353. The molecule has 0 aliphatic rings. The summed E-state index contributed by atoms with van der Waals surface area (Å²) in [5, 5.41) is 4.53. The lowest BCUT2D eigenvalue weighted by Gasteiger charge is -2.12. The molecule has 3 aromatic rings. The number of anilines is 1. The summed E-state index contributed by atoms with van der Waals surface area (Å²) in [7, 11) is 0. The van der Waals surface area contributed by atoms with E-state index in [9.17, 15) is 0 Å². The van der Waals surface area contributed by atoms with Crippen molar-refractivity contribution in [1.82, 2.24) is 15.0 Å². The van der Waals surface area contributed by atoms with Gasteiger partial charge in [0.05, 0.1) is 5.39 Å². The molecular weight excluding hydrogens is 306 g/mol. The minimum absolute atomic E-state index is 0.0641. The fourth-order valence-electron chi connectivity index (χ4n) is 2.61. The van der Waals surface area contributed by atoms with E-state index in [-0.39, 0.29) is 6.04 Å². The largest absolute Gasteiger partial charge is 0.368 e. The van der Waals surface area contributed by atoms with Gasteiger partial charge in [-0.2, -0.15) is 0 Å². The van der Waals surface area contributed by atoms with Crippen molar-refractivity contribution in [2.24, 2.45) is 5.73 Å². The van der Waals surface area contributed by atoms with E-state index in [4.69, 9.17) is 15.7 Å². The molecule has 0 amide bonds. The molecule has 23 heavy (non-hydrogen) atoms. The smallest absolute Gasteiger partial charge is 0.163 e. The molecule has 6 heteroatoms. The van der Waals surface area contributed by atoms with E-state index >= 15 is 0 Å². The number of nitrogens with one attached hydrogen (secondary N) is 1. The highest BCUT2D eigenvalue weighted by Gasteiger charge is 2.17. The molecule has 0 radical (unpaired) electrons. The average molecular weight is 327 g/mol. The molecule has 3 aromatic heterocycles. The molecule has 0 spiro atoms. The van der Waals surface area contributed by atoms with Crippen LogP contribution in [0.2, 0.25) is 0 Å². The first-order valence-electron chi connectivity index (χ1n) is 7.80. The summed E-state index contributed by atoms with van der Waals surface area (Å²) in [5.41, 5.74) is 8.18. The molecule has 3 rings (SSSR count). The molecule has 0 aliphatic heterocycles. The first-order valence-corrected chi connectivity index (χ1v) is 8.61. The highest BCUT2D eigenvalue weighted by Crippen LogP contribution is 2.35. The van der Waals surface area contributed by atoms with Crippen LogP contribution in [0.1, 0.15) is 24.3 Å². The topological polar surface area (TPSA) is 76.7 Å². The molecule has 0 saturated heterocycles. The highest BCUT2D eigenvalue weighted by atomic mass is 32.1. The van der Waals surface area contributed by atoms with E-state index in [0.717, 1.165) is 33.8 Å². The number of hydrogen-bond acceptors (Lipinski definition) is 6. The van der Waals surface area contributed by atoms with Crippen molar-refractivity contribution < 1.29 is 0 Å². The van der Waals surface area contributed by atoms with Gasteiger partial charge < -0.3 is 11.1 Å². The minimum atomic E-state index is 0.0641. The normalized spacial score (nSPS) is 12.5. The minimum Gasteiger partial charge on any atom is -0.368 e. The Morgan fingerprint density at radius 1 is 1.26 bits per heavy atom. The number of nitrogens with zero attached hydrogens (tertiary/aromatic N) is 3. The van der Waals surface area contributed by atoms with Gasteiger partial charge in [0, 0.05) is 35.4 Å². The first-order chi connectivity index (χ1) is 11.1. The van der Waals surface area contributed by atoms with Crippen molar-refractivity contribution in [1.29, 1.82) is 0 Å². The number of pyridine rings is 1. The van der Waals surface area contributed by atoms with Crippen LogP contribution in [-0.2, 0) is 6.42 Å². The number of aromatic nitrogens is 3. The summed E-state index contributed by atoms with van der Waals surface area (Å²) in [6.45, 7) is 6.97. The molecule has 0 saturated carbocycles. The Morgan fingerprint density at radius 3 is 2.65 bits per heavy atom. The molecule has 120 valence electrons. The van der Waals surface area contributed by atoms with Crippen molar-refractivity contribution in [3.05, 3.63) is 35.0 Å². The van der Waals surface area contributed by atoms with Crippen LogP contribution in [0.5, 0.6) is 0 Å². The third kappa shape index (κ3) is 3.18. The molecule has 0 unspecified atom stereocenters. The van der Waals surface area contributed by atoms with Crippen LogP contribution in [0.4, 0.5) is 5.82 Å². The molecule has 3 N–H and O–H groups in total. The second kappa shape index (κ2) is 6.60. The molecule has 0 fully saturated rings. The Morgan fingerprint density at radius 2 is 2.00 bits per heavy atom. The van der Waals surface area contributed by atoms with Gasteiger partial charge in [-0.15, -0.1) is 11.3 Å². The van der Waals surface area contributed by atoms with Crippen LogP contribution in [0.25, 0.3) is 21.6 Å². The van der Waals surface area contributed by atoms with E-state index in [1.54, 1.807) is 23.7 Å². The first kappa shape index (κ1) is 15.8. The number of hydrogen-bond donors (Lipinski definition) is 2. The van der Waals surface area contributed by atoms with Gasteiger partial charge in [-0.3, -0.25) is 4.98 Å². The van der Waals surface area contributed by atoms with Gasteiger partial charge >= 0.3 is 0 Å². The summed E-state index contributed by atoms with van der Waals surface area (Å²) in [4.78, 5) is 15.9. The quantitative estimate of drug-likeness (QED) is 0.751. The predicted molar refractivity (Wildman–Crippen MR) is 96.9 cm³/mol. The molecular formula is C17H21N5S. The Bertz CT molecular complexity index is 811. The van der Waals surface area contributed by atoms with Gasteiger partial charge in [-0.05, 0) is 38.0 Å². The lowest BCUT2D eigenvalue weighted by Crippen LogP contribution is -2.25. The highest BCUT2D eigenvalue weighted by molar-refractivity contribution is 7.18. The molecule has 1 atom stereocenters. The van der Waals surface area contributed by atoms with Gasteiger partial charge in [0.15, 0.2) is 5.82 Å². The van der Waals surface area contributed by atoms with Crippen LogP contribution in [-0.4, -0.2) is 27.5 Å². The van der Waals surface area contributed by atoms with Crippen molar-refractivity contribution in [2.75, 3.05) is 11.9 Å². The van der Waals surface area contributed by atoms with Crippen LogP contribution in [0.3, 0.4) is 0 Å². The number of thiophene rings is 1. The molecule has 5 nitrogen and oxygen atoms in total. The van der Waals surface area contributed by atoms with Crippen LogP contribution in [0, 0.1) is 6.92 Å². The third-order valence-electron chi connectivity index (χ3n) is 3.74. The Kier molecular flexibility index (Phi) is 4.54. The molecule has 3 heterocycles. The monoisotopic (exact) mass is 327 g/mol. The molecule has 0 bridgehead atoms. The van der Waals surface area contributed by atoms with Gasteiger partial charge in [-0.25, -0.2) is 9.97 Å². The number of nitrogens with two attached hydrogens (primary N) is 1. The third-order valence-corrected chi connectivity index (χ3v) is 4.78. The number of rotatable bonds is 5. The second-order valence-corrected chi connectivity index (χ2v) is 6.86. The van der Waals surface area contributed by atoms with Crippen molar-refractivity contribution in [2.45, 2.75) is 33.2 Å².